The van der Waals surface area contributed by atoms with Crippen LogP contribution in [0.3, 0.4) is 0 Å². The van der Waals surface area contributed by atoms with Crippen molar-refractivity contribution in [2.24, 2.45) is 0 Å². The zero-order valence-electron chi connectivity index (χ0n) is 16.9. The number of furan rings is 1. The summed E-state index contributed by atoms with van der Waals surface area (Å²) in [6, 6.07) is 17.8. The van der Waals surface area contributed by atoms with Crippen LogP contribution in [0.15, 0.2) is 70.7 Å². The first-order valence-electron chi connectivity index (χ1n) is 10.2. The summed E-state index contributed by atoms with van der Waals surface area (Å²) in [4.78, 5) is 18.0. The number of hydrogen-bond acceptors (Lipinski definition) is 7. The number of rotatable bonds is 6. The van der Waals surface area contributed by atoms with Crippen LogP contribution in [-0.2, 0) is 6.54 Å². The summed E-state index contributed by atoms with van der Waals surface area (Å²) in [6.07, 6.45) is 1.53. The predicted octanol–water partition coefficient (Wildman–Crippen LogP) is 2.92. The van der Waals surface area contributed by atoms with Crippen LogP contribution in [0.4, 0.5) is 0 Å². The monoisotopic (exact) mass is 434 g/mol. The van der Waals surface area contributed by atoms with Gasteiger partial charge in [0.25, 0.3) is 5.91 Å². The summed E-state index contributed by atoms with van der Waals surface area (Å²) in [5.41, 5.74) is 1.13. The molecule has 1 aliphatic rings. The molecule has 0 aliphatic carbocycles. The summed E-state index contributed by atoms with van der Waals surface area (Å²) in [7, 11) is 0. The normalized spacial score (nSPS) is 15.8. The van der Waals surface area contributed by atoms with Gasteiger partial charge in [-0.25, -0.2) is 4.68 Å². The van der Waals surface area contributed by atoms with Gasteiger partial charge in [0, 0.05) is 31.1 Å². The highest BCUT2D eigenvalue weighted by Crippen LogP contribution is 2.29. The van der Waals surface area contributed by atoms with E-state index in [-0.39, 0.29) is 11.9 Å². The Labute approximate surface area is 183 Å². The molecular formula is C22H22N6O2S. The molecule has 0 spiro atoms. The highest BCUT2D eigenvalue weighted by Gasteiger charge is 2.32. The van der Waals surface area contributed by atoms with Crippen LogP contribution in [0.25, 0.3) is 0 Å². The summed E-state index contributed by atoms with van der Waals surface area (Å²) in [6.45, 7) is 3.32. The van der Waals surface area contributed by atoms with Crippen LogP contribution in [0.5, 0.6) is 0 Å². The molecule has 1 aromatic carbocycles. The molecule has 0 unspecified atom stereocenters. The van der Waals surface area contributed by atoms with Gasteiger partial charge in [-0.05, 0) is 39.6 Å². The number of piperazine rings is 1. The second kappa shape index (κ2) is 8.83. The molecule has 8 nitrogen and oxygen atoms in total. The maximum atomic E-state index is 12.6. The minimum absolute atomic E-state index is 0.0663. The zero-order chi connectivity index (χ0) is 21.0. The minimum Gasteiger partial charge on any atom is -0.459 e. The van der Waals surface area contributed by atoms with E-state index in [0.29, 0.717) is 25.4 Å². The number of hydrogen-bond donors (Lipinski definition) is 0. The lowest BCUT2D eigenvalue weighted by atomic mass is 10.0. The van der Waals surface area contributed by atoms with E-state index >= 15 is 0 Å². The smallest absolute Gasteiger partial charge is 0.289 e. The van der Waals surface area contributed by atoms with E-state index in [9.17, 15) is 4.79 Å². The Morgan fingerprint density at radius 1 is 1.03 bits per heavy atom. The standard InChI is InChI=1S/C22H22N6O2S/c29-22(19-9-4-14-30-19)27-12-10-26(11-13-27)20(17-6-2-1-3-7-17)21-23-24-25-28(21)16-18-8-5-15-31-18/h1-9,14-15,20H,10-13,16H2/t20-/m0/s1. The Morgan fingerprint density at radius 3 is 2.58 bits per heavy atom. The first-order valence-corrected chi connectivity index (χ1v) is 11.1. The number of carbonyl (C=O) groups is 1. The van der Waals surface area contributed by atoms with Gasteiger partial charge >= 0.3 is 0 Å². The maximum absolute atomic E-state index is 12.6. The molecule has 0 N–H and O–H groups in total. The third kappa shape index (κ3) is 4.14. The molecule has 4 heterocycles. The molecule has 158 valence electrons. The largest absolute Gasteiger partial charge is 0.459 e. The van der Waals surface area contributed by atoms with Gasteiger partial charge in [-0.15, -0.1) is 16.4 Å². The van der Waals surface area contributed by atoms with Gasteiger partial charge in [-0.1, -0.05) is 36.4 Å². The summed E-state index contributed by atoms with van der Waals surface area (Å²) >= 11 is 1.69. The van der Waals surface area contributed by atoms with E-state index in [1.165, 1.54) is 11.1 Å². The number of aromatic nitrogens is 4. The van der Waals surface area contributed by atoms with E-state index < -0.39 is 0 Å². The van der Waals surface area contributed by atoms with Crippen LogP contribution in [0.1, 0.15) is 32.9 Å². The van der Waals surface area contributed by atoms with Crippen LogP contribution in [0, 0.1) is 0 Å². The van der Waals surface area contributed by atoms with Gasteiger partial charge in [0.1, 0.15) is 0 Å². The zero-order valence-corrected chi connectivity index (χ0v) is 17.7. The Bertz CT molecular complexity index is 1100. The fourth-order valence-corrected chi connectivity index (χ4v) is 4.65. The van der Waals surface area contributed by atoms with Crippen molar-refractivity contribution >= 4 is 17.2 Å². The van der Waals surface area contributed by atoms with Gasteiger partial charge in [0.05, 0.1) is 18.8 Å². The van der Waals surface area contributed by atoms with E-state index in [1.807, 2.05) is 33.8 Å². The van der Waals surface area contributed by atoms with Crippen molar-refractivity contribution in [3.8, 4) is 0 Å². The molecule has 1 amide bonds. The molecule has 1 fully saturated rings. The number of carbonyl (C=O) groups excluding carboxylic acids is 1. The maximum Gasteiger partial charge on any atom is 0.289 e. The van der Waals surface area contributed by atoms with Gasteiger partial charge in [-0.3, -0.25) is 9.69 Å². The number of thiophene rings is 1. The van der Waals surface area contributed by atoms with Crippen molar-refractivity contribution in [1.82, 2.24) is 30.0 Å². The van der Waals surface area contributed by atoms with Crippen molar-refractivity contribution < 1.29 is 9.21 Å². The Hall–Kier alpha value is -3.30. The van der Waals surface area contributed by atoms with Crippen LogP contribution < -0.4 is 0 Å². The molecular weight excluding hydrogens is 412 g/mol. The van der Waals surface area contributed by atoms with Crippen LogP contribution in [0.2, 0.25) is 0 Å². The molecule has 9 heteroatoms. The van der Waals surface area contributed by atoms with E-state index in [1.54, 1.807) is 23.5 Å². The van der Waals surface area contributed by atoms with Crippen molar-refractivity contribution in [2.45, 2.75) is 12.6 Å². The predicted molar refractivity (Wildman–Crippen MR) is 116 cm³/mol. The summed E-state index contributed by atoms with van der Waals surface area (Å²) < 4.78 is 7.16. The van der Waals surface area contributed by atoms with Gasteiger partial charge in [0.2, 0.25) is 0 Å². The lowest BCUT2D eigenvalue weighted by Gasteiger charge is -2.38. The summed E-state index contributed by atoms with van der Waals surface area (Å²) in [5, 5.41) is 14.7. The average molecular weight is 435 g/mol. The molecule has 1 atom stereocenters. The fourth-order valence-electron chi connectivity index (χ4n) is 3.97. The first-order chi connectivity index (χ1) is 15.3. The van der Waals surface area contributed by atoms with Gasteiger partial charge in [-0.2, -0.15) is 0 Å². The average Bonchev–Trinajstić information content (AvgIpc) is 3.59. The second-order valence-corrected chi connectivity index (χ2v) is 8.43. The van der Waals surface area contributed by atoms with E-state index in [2.05, 4.69) is 44.0 Å². The number of tetrazole rings is 1. The molecule has 31 heavy (non-hydrogen) atoms. The van der Waals surface area contributed by atoms with Crippen molar-refractivity contribution in [3.63, 3.8) is 0 Å². The van der Waals surface area contributed by atoms with Crippen molar-refractivity contribution in [2.75, 3.05) is 26.2 Å². The fraction of sp³-hybridized carbons (Fsp3) is 0.273. The lowest BCUT2D eigenvalue weighted by molar-refractivity contribution is 0.0559. The number of nitrogens with zero attached hydrogens (tertiary/aromatic N) is 6. The van der Waals surface area contributed by atoms with Crippen molar-refractivity contribution in [3.05, 3.63) is 88.3 Å². The molecule has 0 bridgehead atoms. The molecule has 1 aliphatic heterocycles. The molecule has 5 rings (SSSR count). The minimum atomic E-state index is -0.0861. The van der Waals surface area contributed by atoms with Gasteiger partial charge < -0.3 is 9.32 Å². The van der Waals surface area contributed by atoms with Crippen LogP contribution >= 0.6 is 11.3 Å². The van der Waals surface area contributed by atoms with Gasteiger partial charge in [0.15, 0.2) is 11.6 Å². The third-order valence-corrected chi connectivity index (χ3v) is 6.36. The highest BCUT2D eigenvalue weighted by atomic mass is 32.1. The molecule has 1 saturated heterocycles. The quantitative estimate of drug-likeness (QED) is 0.464. The molecule has 0 radical (unpaired) electrons. The number of amides is 1. The topological polar surface area (TPSA) is 80.3 Å². The first kappa shape index (κ1) is 19.7. The van der Waals surface area contributed by atoms with Crippen LogP contribution in [-0.4, -0.2) is 62.1 Å². The summed E-state index contributed by atoms with van der Waals surface area (Å²) in [5.74, 6) is 1.13. The number of benzene rings is 1. The highest BCUT2D eigenvalue weighted by molar-refractivity contribution is 7.09. The third-order valence-electron chi connectivity index (χ3n) is 5.50. The SMILES string of the molecule is O=C(c1ccco1)N1CCN([C@@H](c2ccccc2)c2nnnn2Cc2cccs2)CC1. The molecule has 3 aromatic heterocycles. The molecule has 0 saturated carbocycles. The Balaban J connectivity index is 1.39. The van der Waals surface area contributed by atoms with Crippen molar-refractivity contribution in [1.29, 1.82) is 0 Å². The Kier molecular flexibility index (Phi) is 5.59. The molecule has 4 aromatic rings. The second-order valence-electron chi connectivity index (χ2n) is 7.39. The van der Waals surface area contributed by atoms with E-state index in [4.69, 9.17) is 4.42 Å². The van der Waals surface area contributed by atoms with E-state index in [0.717, 1.165) is 24.5 Å². The lowest BCUT2D eigenvalue weighted by Crippen LogP contribution is -2.50. The Morgan fingerprint density at radius 2 is 1.87 bits per heavy atom.